The van der Waals surface area contributed by atoms with E-state index in [-0.39, 0.29) is 6.04 Å². The number of aromatic amines is 1. The van der Waals surface area contributed by atoms with E-state index in [9.17, 15) is 0 Å². The van der Waals surface area contributed by atoms with Crippen molar-refractivity contribution in [2.24, 2.45) is 5.73 Å². The SMILES string of the molecule is Cc1cc(C(N)Cc2ccc3[nH]ccc3c2)on1. The van der Waals surface area contributed by atoms with Gasteiger partial charge in [0.2, 0.25) is 0 Å². The highest BCUT2D eigenvalue weighted by Gasteiger charge is 2.12. The van der Waals surface area contributed by atoms with Crippen molar-refractivity contribution in [3.63, 3.8) is 0 Å². The summed E-state index contributed by atoms with van der Waals surface area (Å²) in [5.74, 6) is 0.738. The van der Waals surface area contributed by atoms with Gasteiger partial charge in [-0.05, 0) is 42.5 Å². The number of hydrogen-bond acceptors (Lipinski definition) is 3. The molecule has 2 heterocycles. The van der Waals surface area contributed by atoms with Gasteiger partial charge in [0.25, 0.3) is 0 Å². The molecule has 0 aliphatic heterocycles. The Hall–Kier alpha value is -2.07. The van der Waals surface area contributed by atoms with Crippen molar-refractivity contribution in [3.8, 4) is 0 Å². The molecule has 4 heteroatoms. The molecule has 0 aliphatic rings. The van der Waals surface area contributed by atoms with E-state index in [4.69, 9.17) is 10.3 Å². The Bertz CT molecular complexity index is 668. The van der Waals surface area contributed by atoms with Crippen molar-refractivity contribution < 1.29 is 4.52 Å². The first kappa shape index (κ1) is 11.0. The number of rotatable bonds is 3. The zero-order chi connectivity index (χ0) is 12.5. The highest BCUT2D eigenvalue weighted by Crippen LogP contribution is 2.20. The molecule has 1 aromatic carbocycles. The Kier molecular flexibility index (Phi) is 2.64. The first-order valence-electron chi connectivity index (χ1n) is 5.97. The van der Waals surface area contributed by atoms with Gasteiger partial charge >= 0.3 is 0 Å². The fourth-order valence-corrected chi connectivity index (χ4v) is 2.14. The number of nitrogens with zero attached hydrogens (tertiary/aromatic N) is 1. The van der Waals surface area contributed by atoms with Crippen LogP contribution in [0.25, 0.3) is 10.9 Å². The van der Waals surface area contributed by atoms with Gasteiger partial charge in [-0.15, -0.1) is 0 Å². The minimum atomic E-state index is -0.150. The number of nitrogens with two attached hydrogens (primary N) is 1. The van der Waals surface area contributed by atoms with Crippen LogP contribution in [-0.4, -0.2) is 10.1 Å². The Labute approximate surface area is 105 Å². The van der Waals surface area contributed by atoms with Crippen LogP contribution in [0, 0.1) is 6.92 Å². The first-order valence-corrected chi connectivity index (χ1v) is 5.97. The number of benzene rings is 1. The van der Waals surface area contributed by atoms with Gasteiger partial charge in [0.1, 0.15) is 0 Å². The molecule has 0 saturated carbocycles. The molecule has 1 atom stereocenters. The van der Waals surface area contributed by atoms with E-state index in [1.54, 1.807) is 0 Å². The number of aromatic nitrogens is 2. The standard InChI is InChI=1S/C14H15N3O/c1-9-6-14(18-17-9)12(15)8-10-2-3-13-11(7-10)4-5-16-13/h2-7,12,16H,8,15H2,1H3. The monoisotopic (exact) mass is 241 g/mol. The molecule has 0 aliphatic carbocycles. The Morgan fingerprint density at radius 3 is 3.00 bits per heavy atom. The minimum Gasteiger partial charge on any atom is -0.361 e. The third kappa shape index (κ3) is 2.02. The molecule has 0 radical (unpaired) electrons. The number of hydrogen-bond donors (Lipinski definition) is 2. The summed E-state index contributed by atoms with van der Waals surface area (Å²) >= 11 is 0. The lowest BCUT2D eigenvalue weighted by atomic mass is 10.0. The topological polar surface area (TPSA) is 67.8 Å². The highest BCUT2D eigenvalue weighted by atomic mass is 16.5. The lowest BCUT2D eigenvalue weighted by molar-refractivity contribution is 0.357. The van der Waals surface area contributed by atoms with Gasteiger partial charge in [0.05, 0.1) is 11.7 Å². The minimum absolute atomic E-state index is 0.150. The average Bonchev–Trinajstić information content (AvgIpc) is 2.96. The van der Waals surface area contributed by atoms with Gasteiger partial charge in [-0.3, -0.25) is 0 Å². The maximum Gasteiger partial charge on any atom is 0.153 e. The van der Waals surface area contributed by atoms with Gasteiger partial charge < -0.3 is 15.2 Å². The summed E-state index contributed by atoms with van der Waals surface area (Å²) in [4.78, 5) is 3.18. The second kappa shape index (κ2) is 4.31. The lowest BCUT2D eigenvalue weighted by Crippen LogP contribution is -2.12. The molecular formula is C14H15N3O. The summed E-state index contributed by atoms with van der Waals surface area (Å²) in [7, 11) is 0. The summed E-state index contributed by atoms with van der Waals surface area (Å²) in [6.07, 6.45) is 2.68. The molecule has 0 amide bonds. The summed E-state index contributed by atoms with van der Waals surface area (Å²) in [5, 5.41) is 5.06. The maximum absolute atomic E-state index is 6.12. The smallest absolute Gasteiger partial charge is 0.153 e. The van der Waals surface area contributed by atoms with Crippen LogP contribution in [0.5, 0.6) is 0 Å². The van der Waals surface area contributed by atoms with Crippen LogP contribution in [0.2, 0.25) is 0 Å². The molecule has 3 rings (SSSR count). The van der Waals surface area contributed by atoms with Crippen LogP contribution >= 0.6 is 0 Å². The van der Waals surface area contributed by atoms with Crippen LogP contribution in [0.3, 0.4) is 0 Å². The number of H-pyrrole nitrogens is 1. The van der Waals surface area contributed by atoms with Crippen molar-refractivity contribution in [2.45, 2.75) is 19.4 Å². The van der Waals surface area contributed by atoms with Crippen molar-refractivity contribution in [2.75, 3.05) is 0 Å². The number of aryl methyl sites for hydroxylation is 1. The van der Waals surface area contributed by atoms with Crippen molar-refractivity contribution in [1.29, 1.82) is 0 Å². The Balaban J connectivity index is 1.83. The molecule has 0 bridgehead atoms. The Morgan fingerprint density at radius 2 is 2.22 bits per heavy atom. The predicted octanol–water partition coefficient (Wildman–Crippen LogP) is 2.71. The van der Waals surface area contributed by atoms with E-state index < -0.39 is 0 Å². The largest absolute Gasteiger partial charge is 0.361 e. The molecule has 0 saturated heterocycles. The van der Waals surface area contributed by atoms with Crippen LogP contribution in [0.1, 0.15) is 23.1 Å². The molecular weight excluding hydrogens is 226 g/mol. The zero-order valence-corrected chi connectivity index (χ0v) is 10.2. The van der Waals surface area contributed by atoms with Gasteiger partial charge in [-0.1, -0.05) is 11.2 Å². The van der Waals surface area contributed by atoms with E-state index in [2.05, 4.69) is 34.4 Å². The van der Waals surface area contributed by atoms with Gasteiger partial charge in [0.15, 0.2) is 5.76 Å². The third-order valence-electron chi connectivity index (χ3n) is 3.08. The second-order valence-electron chi connectivity index (χ2n) is 4.58. The van der Waals surface area contributed by atoms with Crippen molar-refractivity contribution >= 4 is 10.9 Å². The average molecular weight is 241 g/mol. The van der Waals surface area contributed by atoms with E-state index in [1.165, 1.54) is 10.9 Å². The van der Waals surface area contributed by atoms with E-state index >= 15 is 0 Å². The van der Waals surface area contributed by atoms with Crippen molar-refractivity contribution in [3.05, 3.63) is 53.5 Å². The molecule has 1 unspecified atom stereocenters. The molecule has 18 heavy (non-hydrogen) atoms. The molecule has 2 aromatic heterocycles. The lowest BCUT2D eigenvalue weighted by Gasteiger charge is -2.07. The molecule has 0 fully saturated rings. The first-order chi connectivity index (χ1) is 8.72. The molecule has 4 nitrogen and oxygen atoms in total. The maximum atomic E-state index is 6.12. The molecule has 3 aromatic rings. The summed E-state index contributed by atoms with van der Waals surface area (Å²) < 4.78 is 5.19. The Morgan fingerprint density at radius 1 is 1.33 bits per heavy atom. The highest BCUT2D eigenvalue weighted by molar-refractivity contribution is 5.79. The summed E-state index contributed by atoms with van der Waals surface area (Å²) in [6.45, 7) is 1.89. The van der Waals surface area contributed by atoms with E-state index in [1.807, 2.05) is 19.2 Å². The summed E-state index contributed by atoms with van der Waals surface area (Å²) in [6, 6.07) is 10.1. The fraction of sp³-hybridized carbons (Fsp3) is 0.214. The molecule has 3 N–H and O–H groups in total. The number of fused-ring (bicyclic) bond motifs is 1. The van der Waals surface area contributed by atoms with Gasteiger partial charge in [0, 0.05) is 17.8 Å². The van der Waals surface area contributed by atoms with Crippen LogP contribution in [0.15, 0.2) is 41.1 Å². The second-order valence-corrected chi connectivity index (χ2v) is 4.58. The van der Waals surface area contributed by atoms with E-state index in [0.717, 1.165) is 23.4 Å². The third-order valence-corrected chi connectivity index (χ3v) is 3.08. The summed E-state index contributed by atoms with van der Waals surface area (Å²) in [5.41, 5.74) is 9.32. The van der Waals surface area contributed by atoms with Crippen LogP contribution in [0.4, 0.5) is 0 Å². The predicted molar refractivity (Wildman–Crippen MR) is 70.2 cm³/mol. The number of nitrogens with one attached hydrogen (secondary N) is 1. The van der Waals surface area contributed by atoms with Crippen LogP contribution in [-0.2, 0) is 6.42 Å². The van der Waals surface area contributed by atoms with Gasteiger partial charge in [-0.2, -0.15) is 0 Å². The van der Waals surface area contributed by atoms with Crippen molar-refractivity contribution in [1.82, 2.24) is 10.1 Å². The normalized spacial score (nSPS) is 13.0. The fourth-order valence-electron chi connectivity index (χ4n) is 2.14. The quantitative estimate of drug-likeness (QED) is 0.740. The molecule has 92 valence electrons. The van der Waals surface area contributed by atoms with E-state index in [0.29, 0.717) is 0 Å². The van der Waals surface area contributed by atoms with Crippen LogP contribution < -0.4 is 5.73 Å². The zero-order valence-electron chi connectivity index (χ0n) is 10.2. The molecule has 0 spiro atoms. The van der Waals surface area contributed by atoms with Gasteiger partial charge in [-0.25, -0.2) is 0 Å².